The van der Waals surface area contributed by atoms with E-state index in [2.05, 4.69) is 20.4 Å². The Hall–Kier alpha value is -3.80. The van der Waals surface area contributed by atoms with E-state index in [0.717, 1.165) is 38.9 Å². The number of halogens is 1. The van der Waals surface area contributed by atoms with Crippen LogP contribution in [-0.2, 0) is 6.54 Å². The highest BCUT2D eigenvalue weighted by molar-refractivity contribution is 5.91. The quantitative estimate of drug-likeness (QED) is 0.489. The fourth-order valence-electron chi connectivity index (χ4n) is 3.34. The Labute approximate surface area is 160 Å². The zero-order valence-corrected chi connectivity index (χ0v) is 14.9. The summed E-state index contributed by atoms with van der Waals surface area (Å²) >= 11 is 0. The third-order valence-electron chi connectivity index (χ3n) is 4.67. The zero-order valence-electron chi connectivity index (χ0n) is 14.9. The number of aromatic nitrogens is 4. The summed E-state index contributed by atoms with van der Waals surface area (Å²) in [4.78, 5) is 8.66. The SMILES string of the molecule is Fc1cccc(Cn2ncc3cc(Nc4ncnc5ccccc45)ccc32)c1. The highest BCUT2D eigenvalue weighted by atomic mass is 19.1. The van der Waals surface area contributed by atoms with Crippen molar-refractivity contribution in [2.45, 2.75) is 6.54 Å². The van der Waals surface area contributed by atoms with Crippen LogP contribution in [0.15, 0.2) is 79.3 Å². The van der Waals surface area contributed by atoms with Crippen LogP contribution in [-0.4, -0.2) is 19.7 Å². The molecule has 0 amide bonds. The first-order valence-corrected chi connectivity index (χ1v) is 8.93. The Morgan fingerprint density at radius 3 is 2.79 bits per heavy atom. The monoisotopic (exact) mass is 369 g/mol. The lowest BCUT2D eigenvalue weighted by Crippen LogP contribution is -2.01. The number of nitrogens with one attached hydrogen (secondary N) is 1. The van der Waals surface area contributed by atoms with Gasteiger partial charge in [-0.05, 0) is 48.0 Å². The summed E-state index contributed by atoms with van der Waals surface area (Å²) in [5, 5.41) is 9.79. The van der Waals surface area contributed by atoms with Gasteiger partial charge in [0.15, 0.2) is 0 Å². The van der Waals surface area contributed by atoms with Crippen LogP contribution in [0, 0.1) is 5.82 Å². The second-order valence-corrected chi connectivity index (χ2v) is 6.57. The number of rotatable bonds is 4. The summed E-state index contributed by atoms with van der Waals surface area (Å²) in [6.07, 6.45) is 3.37. The van der Waals surface area contributed by atoms with Crippen LogP contribution in [0.5, 0.6) is 0 Å². The Morgan fingerprint density at radius 1 is 0.929 bits per heavy atom. The Balaban J connectivity index is 1.46. The van der Waals surface area contributed by atoms with Crippen LogP contribution in [0.2, 0.25) is 0 Å². The molecule has 0 aliphatic carbocycles. The summed E-state index contributed by atoms with van der Waals surface area (Å²) in [7, 11) is 0. The zero-order chi connectivity index (χ0) is 18.9. The molecule has 0 aliphatic heterocycles. The van der Waals surface area contributed by atoms with E-state index in [9.17, 15) is 4.39 Å². The molecule has 0 saturated carbocycles. The Morgan fingerprint density at radius 2 is 1.86 bits per heavy atom. The number of nitrogens with zero attached hydrogens (tertiary/aromatic N) is 4. The molecule has 0 bridgehead atoms. The number of fused-ring (bicyclic) bond motifs is 2. The van der Waals surface area contributed by atoms with Gasteiger partial charge in [0.05, 0.1) is 23.8 Å². The first kappa shape index (κ1) is 16.4. The van der Waals surface area contributed by atoms with Gasteiger partial charge in [-0.25, -0.2) is 14.4 Å². The largest absolute Gasteiger partial charge is 0.340 e. The van der Waals surface area contributed by atoms with Crippen molar-refractivity contribution < 1.29 is 4.39 Å². The standard InChI is InChI=1S/C22H16FN5/c23-17-5-3-4-15(10-17)13-28-21-9-8-18(11-16(21)12-26-28)27-22-19-6-1-2-7-20(19)24-14-25-22/h1-12,14H,13H2,(H,24,25,27). The van der Waals surface area contributed by atoms with Gasteiger partial charge in [-0.15, -0.1) is 0 Å². The molecule has 0 unspecified atom stereocenters. The molecule has 3 aromatic carbocycles. The molecule has 5 rings (SSSR count). The van der Waals surface area contributed by atoms with Crippen molar-refractivity contribution in [1.29, 1.82) is 0 Å². The molecule has 5 aromatic rings. The predicted octanol–water partition coefficient (Wildman–Crippen LogP) is 4.91. The minimum atomic E-state index is -0.238. The van der Waals surface area contributed by atoms with E-state index in [1.54, 1.807) is 12.4 Å². The van der Waals surface area contributed by atoms with Gasteiger partial charge in [0.2, 0.25) is 0 Å². The highest BCUT2D eigenvalue weighted by Gasteiger charge is 2.07. The van der Waals surface area contributed by atoms with Crippen LogP contribution >= 0.6 is 0 Å². The molecule has 0 radical (unpaired) electrons. The third kappa shape index (κ3) is 3.05. The van der Waals surface area contributed by atoms with Crippen molar-refractivity contribution >= 4 is 33.3 Å². The van der Waals surface area contributed by atoms with Crippen molar-refractivity contribution in [2.24, 2.45) is 0 Å². The van der Waals surface area contributed by atoms with Crippen molar-refractivity contribution in [3.63, 3.8) is 0 Å². The maximum Gasteiger partial charge on any atom is 0.141 e. The fourth-order valence-corrected chi connectivity index (χ4v) is 3.34. The summed E-state index contributed by atoms with van der Waals surface area (Å²) in [6.45, 7) is 0.518. The predicted molar refractivity (Wildman–Crippen MR) is 108 cm³/mol. The van der Waals surface area contributed by atoms with Gasteiger partial charge < -0.3 is 5.32 Å². The van der Waals surface area contributed by atoms with Crippen LogP contribution < -0.4 is 5.32 Å². The summed E-state index contributed by atoms with van der Waals surface area (Å²) in [5.74, 6) is 0.523. The molecule has 2 heterocycles. The average molecular weight is 369 g/mol. The van der Waals surface area contributed by atoms with Crippen LogP contribution in [0.3, 0.4) is 0 Å². The topological polar surface area (TPSA) is 55.6 Å². The van der Waals surface area contributed by atoms with Crippen molar-refractivity contribution in [1.82, 2.24) is 19.7 Å². The van der Waals surface area contributed by atoms with Crippen molar-refractivity contribution in [3.05, 3.63) is 90.6 Å². The van der Waals surface area contributed by atoms with E-state index in [0.29, 0.717) is 6.54 Å². The van der Waals surface area contributed by atoms with E-state index in [-0.39, 0.29) is 5.82 Å². The summed E-state index contributed by atoms with van der Waals surface area (Å²) in [5.41, 5.74) is 3.67. The van der Waals surface area contributed by atoms with E-state index in [1.807, 2.05) is 59.4 Å². The van der Waals surface area contributed by atoms with Crippen molar-refractivity contribution in [2.75, 3.05) is 5.32 Å². The number of hydrogen-bond donors (Lipinski definition) is 1. The lowest BCUT2D eigenvalue weighted by molar-refractivity contribution is 0.621. The summed E-state index contributed by atoms with van der Waals surface area (Å²) < 4.78 is 15.3. The molecule has 5 nitrogen and oxygen atoms in total. The van der Waals surface area contributed by atoms with Gasteiger partial charge in [-0.2, -0.15) is 5.10 Å². The number of anilines is 2. The number of para-hydroxylation sites is 1. The Kier molecular flexibility index (Phi) is 3.94. The molecule has 0 fully saturated rings. The van der Waals surface area contributed by atoms with Gasteiger partial charge in [0, 0.05) is 16.5 Å². The van der Waals surface area contributed by atoms with Gasteiger partial charge in [-0.1, -0.05) is 24.3 Å². The molecule has 0 saturated heterocycles. The maximum absolute atomic E-state index is 13.4. The van der Waals surface area contributed by atoms with Crippen LogP contribution in [0.1, 0.15) is 5.56 Å². The normalized spacial score (nSPS) is 11.2. The lowest BCUT2D eigenvalue weighted by Gasteiger charge is -2.09. The van der Waals surface area contributed by atoms with E-state index in [4.69, 9.17) is 0 Å². The maximum atomic E-state index is 13.4. The second-order valence-electron chi connectivity index (χ2n) is 6.57. The smallest absolute Gasteiger partial charge is 0.141 e. The molecule has 0 aliphatic rings. The van der Waals surface area contributed by atoms with Gasteiger partial charge >= 0.3 is 0 Å². The highest BCUT2D eigenvalue weighted by Crippen LogP contribution is 2.25. The molecule has 0 atom stereocenters. The van der Waals surface area contributed by atoms with E-state index < -0.39 is 0 Å². The third-order valence-corrected chi connectivity index (χ3v) is 4.67. The minimum absolute atomic E-state index is 0.238. The molecule has 28 heavy (non-hydrogen) atoms. The minimum Gasteiger partial charge on any atom is -0.340 e. The van der Waals surface area contributed by atoms with Gasteiger partial charge in [0.25, 0.3) is 0 Å². The Bertz CT molecular complexity index is 1290. The molecule has 136 valence electrons. The van der Waals surface area contributed by atoms with Crippen molar-refractivity contribution in [3.8, 4) is 0 Å². The molecule has 1 N–H and O–H groups in total. The fraction of sp³-hybridized carbons (Fsp3) is 0.0455. The molecule has 2 aromatic heterocycles. The number of benzene rings is 3. The van der Waals surface area contributed by atoms with Gasteiger partial charge in [0.1, 0.15) is 18.0 Å². The molecular formula is C22H16FN5. The number of hydrogen-bond acceptors (Lipinski definition) is 4. The molecule has 6 heteroatoms. The van der Waals surface area contributed by atoms with Crippen LogP contribution in [0.25, 0.3) is 21.8 Å². The molecular weight excluding hydrogens is 353 g/mol. The molecule has 0 spiro atoms. The van der Waals surface area contributed by atoms with Crippen LogP contribution in [0.4, 0.5) is 15.9 Å². The second kappa shape index (κ2) is 6.74. The first-order valence-electron chi connectivity index (χ1n) is 8.93. The van der Waals surface area contributed by atoms with E-state index in [1.165, 1.54) is 12.1 Å². The average Bonchev–Trinajstić information content (AvgIpc) is 3.10. The van der Waals surface area contributed by atoms with Gasteiger partial charge in [-0.3, -0.25) is 4.68 Å². The van der Waals surface area contributed by atoms with E-state index >= 15 is 0 Å². The lowest BCUT2D eigenvalue weighted by atomic mass is 10.2. The first-order chi connectivity index (χ1) is 13.8. The summed E-state index contributed by atoms with van der Waals surface area (Å²) in [6, 6.07) is 20.5.